The van der Waals surface area contributed by atoms with Crippen LogP contribution in [0.3, 0.4) is 0 Å². The third kappa shape index (κ3) is 3.34. The summed E-state index contributed by atoms with van der Waals surface area (Å²) in [5, 5.41) is 4.20. The lowest BCUT2D eigenvalue weighted by atomic mass is 10.1. The molecule has 0 aliphatic rings. The summed E-state index contributed by atoms with van der Waals surface area (Å²) >= 11 is 1.63. The van der Waals surface area contributed by atoms with Gasteiger partial charge in [0.15, 0.2) is 5.43 Å². The number of hydrogen-bond acceptors (Lipinski definition) is 3. The molecule has 0 aliphatic heterocycles. The zero-order valence-electron chi connectivity index (χ0n) is 14.8. The van der Waals surface area contributed by atoms with Gasteiger partial charge in [-0.15, -0.1) is 11.8 Å². The molecule has 0 atom stereocenters. The van der Waals surface area contributed by atoms with Crippen molar-refractivity contribution in [1.29, 1.82) is 0 Å². The second-order valence-corrected chi connectivity index (χ2v) is 7.11. The van der Waals surface area contributed by atoms with E-state index in [0.717, 1.165) is 21.6 Å². The number of nitrogens with one attached hydrogen (secondary N) is 1. The molecule has 0 radical (unpaired) electrons. The monoisotopic (exact) mass is 374 g/mol. The molecule has 1 aromatic heterocycles. The van der Waals surface area contributed by atoms with Crippen LogP contribution in [0.4, 0.5) is 5.69 Å². The second-order valence-electron chi connectivity index (χ2n) is 6.23. The minimum absolute atomic E-state index is 0.00877. The lowest BCUT2D eigenvalue weighted by Crippen LogP contribution is -2.21. The van der Waals surface area contributed by atoms with E-state index in [1.807, 2.05) is 71.5 Å². The Bertz CT molecular complexity index is 1150. The van der Waals surface area contributed by atoms with E-state index in [1.165, 1.54) is 0 Å². The summed E-state index contributed by atoms with van der Waals surface area (Å²) in [6.07, 6.45) is 2.00. The highest BCUT2D eigenvalue weighted by molar-refractivity contribution is 7.98. The van der Waals surface area contributed by atoms with E-state index in [1.54, 1.807) is 23.9 Å². The maximum Gasteiger partial charge on any atom is 0.244 e. The predicted molar refractivity (Wildman–Crippen MR) is 113 cm³/mol. The quantitative estimate of drug-likeness (QED) is 0.422. The van der Waals surface area contributed by atoms with Gasteiger partial charge >= 0.3 is 0 Å². The van der Waals surface area contributed by atoms with Gasteiger partial charge in [-0.1, -0.05) is 30.3 Å². The van der Waals surface area contributed by atoms with Gasteiger partial charge in [0.25, 0.3) is 0 Å². The van der Waals surface area contributed by atoms with Gasteiger partial charge in [-0.3, -0.25) is 9.59 Å². The van der Waals surface area contributed by atoms with Crippen molar-refractivity contribution >= 4 is 45.2 Å². The average molecular weight is 374 g/mol. The van der Waals surface area contributed by atoms with Crippen molar-refractivity contribution in [2.75, 3.05) is 11.6 Å². The molecule has 0 unspecified atom stereocenters. The first kappa shape index (κ1) is 17.4. The van der Waals surface area contributed by atoms with Crippen LogP contribution in [0, 0.1) is 0 Å². The number of rotatable bonds is 4. The summed E-state index contributed by atoms with van der Waals surface area (Å²) in [6.45, 7) is 0.130. The molecule has 4 aromatic rings. The van der Waals surface area contributed by atoms with Crippen LogP contribution in [0.2, 0.25) is 0 Å². The third-order valence-corrected chi connectivity index (χ3v) is 5.26. The fraction of sp³-hybridized carbons (Fsp3) is 0.0909. The normalized spacial score (nSPS) is 11.0. The lowest BCUT2D eigenvalue weighted by molar-refractivity contribution is -0.116. The number of carbonyl (C=O) groups excluding carboxylic acids is 1. The van der Waals surface area contributed by atoms with Crippen LogP contribution >= 0.6 is 11.8 Å². The Morgan fingerprint density at radius 3 is 2.19 bits per heavy atom. The van der Waals surface area contributed by atoms with Crippen molar-refractivity contribution in [1.82, 2.24) is 4.57 Å². The number of hydrogen-bond donors (Lipinski definition) is 1. The molecule has 0 aliphatic carbocycles. The number of fused-ring (bicyclic) bond motifs is 2. The number of para-hydroxylation sites is 2. The molecule has 1 N–H and O–H groups in total. The van der Waals surface area contributed by atoms with Gasteiger partial charge in [0, 0.05) is 21.4 Å². The zero-order valence-corrected chi connectivity index (χ0v) is 15.6. The SMILES string of the molecule is CSc1cccc(NC(=O)Cn2c3ccccc3c(=O)c3ccccc32)c1. The molecule has 3 aromatic carbocycles. The molecule has 0 saturated carbocycles. The Morgan fingerprint density at radius 2 is 1.56 bits per heavy atom. The third-order valence-electron chi connectivity index (χ3n) is 4.53. The Morgan fingerprint density at radius 1 is 0.926 bits per heavy atom. The van der Waals surface area contributed by atoms with Gasteiger partial charge in [-0.05, 0) is 48.7 Å². The topological polar surface area (TPSA) is 51.1 Å². The van der Waals surface area contributed by atoms with E-state index in [9.17, 15) is 9.59 Å². The number of nitrogens with zero attached hydrogens (tertiary/aromatic N) is 1. The highest BCUT2D eigenvalue weighted by Crippen LogP contribution is 2.21. The van der Waals surface area contributed by atoms with Gasteiger partial charge in [-0.25, -0.2) is 0 Å². The summed E-state index contributed by atoms with van der Waals surface area (Å²) in [7, 11) is 0. The average Bonchev–Trinajstić information content (AvgIpc) is 2.71. The van der Waals surface area contributed by atoms with Gasteiger partial charge in [0.2, 0.25) is 5.91 Å². The van der Waals surface area contributed by atoms with Crippen LogP contribution < -0.4 is 10.7 Å². The van der Waals surface area contributed by atoms with Crippen molar-refractivity contribution in [3.05, 3.63) is 83.0 Å². The molecule has 0 bridgehead atoms. The highest BCUT2D eigenvalue weighted by atomic mass is 32.2. The fourth-order valence-corrected chi connectivity index (χ4v) is 3.75. The van der Waals surface area contributed by atoms with Crippen molar-refractivity contribution in [2.24, 2.45) is 0 Å². The molecule has 5 heteroatoms. The van der Waals surface area contributed by atoms with Gasteiger partial charge in [-0.2, -0.15) is 0 Å². The minimum Gasteiger partial charge on any atom is -0.331 e. The van der Waals surface area contributed by atoms with Crippen molar-refractivity contribution in [2.45, 2.75) is 11.4 Å². The molecule has 0 spiro atoms. The number of benzene rings is 3. The largest absolute Gasteiger partial charge is 0.331 e. The number of anilines is 1. The van der Waals surface area contributed by atoms with Crippen LogP contribution in [0.15, 0.2) is 82.5 Å². The molecule has 0 fully saturated rings. The first-order valence-corrected chi connectivity index (χ1v) is 9.84. The van der Waals surface area contributed by atoms with Crippen LogP contribution in [0.1, 0.15) is 0 Å². The Kier molecular flexibility index (Phi) is 4.69. The van der Waals surface area contributed by atoms with E-state index in [-0.39, 0.29) is 17.9 Å². The summed E-state index contributed by atoms with van der Waals surface area (Å²) in [5.41, 5.74) is 2.27. The van der Waals surface area contributed by atoms with Crippen LogP contribution in [0.5, 0.6) is 0 Å². The maximum atomic E-state index is 12.8. The fourth-order valence-electron chi connectivity index (χ4n) is 3.29. The van der Waals surface area contributed by atoms with E-state index in [2.05, 4.69) is 5.32 Å². The number of amides is 1. The zero-order chi connectivity index (χ0) is 18.8. The number of thioether (sulfide) groups is 1. The number of pyridine rings is 1. The molecule has 134 valence electrons. The van der Waals surface area contributed by atoms with Crippen molar-refractivity contribution < 1.29 is 4.79 Å². The van der Waals surface area contributed by atoms with E-state index < -0.39 is 0 Å². The molecule has 1 amide bonds. The number of carbonyl (C=O) groups is 1. The van der Waals surface area contributed by atoms with E-state index >= 15 is 0 Å². The summed E-state index contributed by atoms with van der Waals surface area (Å²) in [4.78, 5) is 26.6. The van der Waals surface area contributed by atoms with Gasteiger partial charge in [0.1, 0.15) is 6.54 Å². The summed E-state index contributed by atoms with van der Waals surface area (Å²) in [6, 6.07) is 22.6. The molecule has 4 rings (SSSR count). The molecule has 0 saturated heterocycles. The highest BCUT2D eigenvalue weighted by Gasteiger charge is 2.13. The Labute approximate surface area is 160 Å². The van der Waals surface area contributed by atoms with E-state index in [0.29, 0.717) is 10.8 Å². The predicted octanol–water partition coefficient (Wildman–Crippen LogP) is 4.52. The van der Waals surface area contributed by atoms with Crippen LogP contribution in [-0.4, -0.2) is 16.7 Å². The summed E-state index contributed by atoms with van der Waals surface area (Å²) in [5.74, 6) is -0.132. The van der Waals surface area contributed by atoms with Crippen molar-refractivity contribution in [3.63, 3.8) is 0 Å². The van der Waals surface area contributed by atoms with E-state index in [4.69, 9.17) is 0 Å². The lowest BCUT2D eigenvalue weighted by Gasteiger charge is -2.15. The minimum atomic E-state index is -0.132. The summed E-state index contributed by atoms with van der Waals surface area (Å²) < 4.78 is 1.90. The molecule has 4 nitrogen and oxygen atoms in total. The number of aromatic nitrogens is 1. The first-order valence-electron chi connectivity index (χ1n) is 8.61. The standard InChI is InChI=1S/C22H18N2O2S/c1-27-16-8-6-7-15(13-16)23-21(25)14-24-19-11-4-2-9-17(19)22(26)18-10-3-5-12-20(18)24/h2-13H,14H2,1H3,(H,23,25). The van der Waals surface area contributed by atoms with Gasteiger partial charge in [0.05, 0.1) is 11.0 Å². The Balaban J connectivity index is 1.77. The second kappa shape index (κ2) is 7.29. The molecular formula is C22H18N2O2S. The molecule has 27 heavy (non-hydrogen) atoms. The first-order chi connectivity index (χ1) is 13.2. The van der Waals surface area contributed by atoms with Crippen LogP contribution in [-0.2, 0) is 11.3 Å². The molecular weight excluding hydrogens is 356 g/mol. The van der Waals surface area contributed by atoms with Crippen LogP contribution in [0.25, 0.3) is 21.8 Å². The van der Waals surface area contributed by atoms with Crippen molar-refractivity contribution in [3.8, 4) is 0 Å². The van der Waals surface area contributed by atoms with Gasteiger partial charge < -0.3 is 9.88 Å². The smallest absolute Gasteiger partial charge is 0.244 e. The Hall–Kier alpha value is -3.05. The maximum absolute atomic E-state index is 12.8. The molecule has 1 heterocycles.